The van der Waals surface area contributed by atoms with Crippen molar-refractivity contribution in [1.82, 2.24) is 0 Å². The number of ether oxygens (including phenoxy) is 1. The van der Waals surface area contributed by atoms with Gasteiger partial charge in [0.25, 0.3) is 0 Å². The molecule has 0 atom stereocenters. The van der Waals surface area contributed by atoms with Crippen molar-refractivity contribution < 1.29 is 17.9 Å². The topological polar surface area (TPSA) is 35.2 Å². The fraction of sp³-hybridized carbons (Fsp3) is 0.0769. The van der Waals surface area contributed by atoms with E-state index in [1.165, 1.54) is 18.2 Å². The van der Waals surface area contributed by atoms with Gasteiger partial charge < -0.3 is 10.5 Å². The van der Waals surface area contributed by atoms with Crippen molar-refractivity contribution >= 4 is 5.69 Å². The fourth-order valence-electron chi connectivity index (χ4n) is 1.49. The smallest absolute Gasteiger partial charge is 0.156 e. The first-order valence-electron chi connectivity index (χ1n) is 5.16. The molecule has 0 saturated heterocycles. The molecule has 0 aromatic heterocycles. The van der Waals surface area contributed by atoms with Crippen molar-refractivity contribution in [2.45, 2.75) is 6.92 Å². The van der Waals surface area contributed by atoms with Gasteiger partial charge in [0.1, 0.15) is 23.1 Å². The normalized spacial score (nSPS) is 10.4. The zero-order valence-electron chi connectivity index (χ0n) is 9.51. The Hall–Kier alpha value is -2.17. The molecular weight excluding hydrogens is 243 g/mol. The highest BCUT2D eigenvalue weighted by Crippen LogP contribution is 2.32. The Morgan fingerprint density at radius 1 is 0.944 bits per heavy atom. The first kappa shape index (κ1) is 12.3. The summed E-state index contributed by atoms with van der Waals surface area (Å²) in [7, 11) is 0. The maximum absolute atomic E-state index is 13.2. The van der Waals surface area contributed by atoms with E-state index in [1.54, 1.807) is 6.92 Å². The fourth-order valence-corrected chi connectivity index (χ4v) is 1.49. The Bertz CT molecular complexity index is 599. The number of nitrogen functional groups attached to an aromatic ring is 1. The van der Waals surface area contributed by atoms with Crippen LogP contribution in [0.3, 0.4) is 0 Å². The molecule has 2 nitrogen and oxygen atoms in total. The van der Waals surface area contributed by atoms with E-state index in [-0.39, 0.29) is 17.2 Å². The molecule has 2 aromatic carbocycles. The van der Waals surface area contributed by atoms with Gasteiger partial charge in [-0.25, -0.2) is 13.2 Å². The van der Waals surface area contributed by atoms with E-state index >= 15 is 0 Å². The third-order valence-electron chi connectivity index (χ3n) is 2.41. The highest BCUT2D eigenvalue weighted by Gasteiger charge is 2.11. The summed E-state index contributed by atoms with van der Waals surface area (Å²) in [6.07, 6.45) is 0. The van der Waals surface area contributed by atoms with Crippen LogP contribution in [0.15, 0.2) is 30.3 Å². The highest BCUT2D eigenvalue weighted by atomic mass is 19.1. The van der Waals surface area contributed by atoms with Crippen LogP contribution in [0.2, 0.25) is 0 Å². The molecule has 0 spiro atoms. The number of halogens is 3. The molecular formula is C13H10F3NO. The van der Waals surface area contributed by atoms with Crippen molar-refractivity contribution in [2.75, 3.05) is 5.73 Å². The minimum absolute atomic E-state index is 0.137. The lowest BCUT2D eigenvalue weighted by atomic mass is 10.2. The molecule has 0 aliphatic carbocycles. The van der Waals surface area contributed by atoms with Crippen LogP contribution < -0.4 is 10.5 Å². The molecule has 0 unspecified atom stereocenters. The highest BCUT2D eigenvalue weighted by molar-refractivity contribution is 5.55. The Morgan fingerprint density at radius 3 is 2.33 bits per heavy atom. The average Bonchev–Trinajstić information content (AvgIpc) is 2.29. The summed E-state index contributed by atoms with van der Waals surface area (Å²) in [5.74, 6) is -1.96. The molecule has 2 aromatic rings. The molecule has 0 saturated carbocycles. The number of aryl methyl sites for hydroxylation is 1. The summed E-state index contributed by atoms with van der Waals surface area (Å²) >= 11 is 0. The predicted molar refractivity (Wildman–Crippen MR) is 62.0 cm³/mol. The predicted octanol–water partition coefficient (Wildman–Crippen LogP) is 3.79. The third-order valence-corrected chi connectivity index (χ3v) is 2.41. The molecule has 0 bridgehead atoms. The van der Waals surface area contributed by atoms with Crippen LogP contribution in [0.4, 0.5) is 18.9 Å². The van der Waals surface area contributed by atoms with Gasteiger partial charge in [-0.3, -0.25) is 0 Å². The van der Waals surface area contributed by atoms with Gasteiger partial charge >= 0.3 is 0 Å². The number of anilines is 1. The van der Waals surface area contributed by atoms with Crippen molar-refractivity contribution in [3.63, 3.8) is 0 Å². The van der Waals surface area contributed by atoms with E-state index in [0.29, 0.717) is 11.6 Å². The number of hydrogen-bond donors (Lipinski definition) is 1. The molecule has 0 radical (unpaired) electrons. The van der Waals surface area contributed by atoms with Crippen LogP contribution in [-0.4, -0.2) is 0 Å². The van der Waals surface area contributed by atoms with E-state index in [1.807, 2.05) is 0 Å². The summed E-state index contributed by atoms with van der Waals surface area (Å²) in [4.78, 5) is 0. The van der Waals surface area contributed by atoms with Crippen LogP contribution in [0.1, 0.15) is 5.56 Å². The number of rotatable bonds is 2. The third kappa shape index (κ3) is 2.40. The molecule has 18 heavy (non-hydrogen) atoms. The maximum atomic E-state index is 13.2. The van der Waals surface area contributed by atoms with Gasteiger partial charge in [-0.05, 0) is 30.7 Å². The summed E-state index contributed by atoms with van der Waals surface area (Å²) < 4.78 is 44.4. The maximum Gasteiger partial charge on any atom is 0.156 e. The van der Waals surface area contributed by atoms with Gasteiger partial charge in [-0.2, -0.15) is 0 Å². The minimum Gasteiger partial charge on any atom is -0.455 e. The molecule has 94 valence electrons. The molecule has 2 rings (SSSR count). The largest absolute Gasteiger partial charge is 0.455 e. The Balaban J connectivity index is 2.40. The van der Waals surface area contributed by atoms with Gasteiger partial charge in [-0.1, -0.05) is 0 Å². The van der Waals surface area contributed by atoms with Crippen molar-refractivity contribution in [3.8, 4) is 11.5 Å². The summed E-state index contributed by atoms with van der Waals surface area (Å²) in [5, 5.41) is 0. The second kappa shape index (κ2) is 4.60. The van der Waals surface area contributed by atoms with Crippen LogP contribution in [0.25, 0.3) is 0 Å². The zero-order chi connectivity index (χ0) is 13.3. The van der Waals surface area contributed by atoms with Crippen LogP contribution in [0, 0.1) is 24.4 Å². The monoisotopic (exact) mass is 253 g/mol. The van der Waals surface area contributed by atoms with Gasteiger partial charge in [0.05, 0.1) is 0 Å². The van der Waals surface area contributed by atoms with Gasteiger partial charge in [0.2, 0.25) is 0 Å². The van der Waals surface area contributed by atoms with E-state index < -0.39 is 17.5 Å². The first-order valence-corrected chi connectivity index (χ1v) is 5.16. The van der Waals surface area contributed by atoms with Gasteiger partial charge in [-0.15, -0.1) is 0 Å². The van der Waals surface area contributed by atoms with E-state index in [9.17, 15) is 13.2 Å². The summed E-state index contributed by atoms with van der Waals surface area (Å²) in [6.45, 7) is 1.62. The molecule has 2 N–H and O–H groups in total. The molecule has 0 aliphatic heterocycles. The van der Waals surface area contributed by atoms with E-state index in [4.69, 9.17) is 10.5 Å². The molecule has 5 heteroatoms. The zero-order valence-corrected chi connectivity index (χ0v) is 9.51. The lowest BCUT2D eigenvalue weighted by Crippen LogP contribution is -1.98. The van der Waals surface area contributed by atoms with Crippen LogP contribution in [0.5, 0.6) is 11.5 Å². The second-order valence-electron chi connectivity index (χ2n) is 3.81. The van der Waals surface area contributed by atoms with E-state index in [2.05, 4.69) is 0 Å². The van der Waals surface area contributed by atoms with Crippen LogP contribution >= 0.6 is 0 Å². The minimum atomic E-state index is -0.898. The summed E-state index contributed by atoms with van der Waals surface area (Å²) in [5.41, 5.74) is 5.65. The number of hydrogen-bond acceptors (Lipinski definition) is 2. The molecule has 0 amide bonds. The van der Waals surface area contributed by atoms with Gasteiger partial charge in [0, 0.05) is 12.1 Å². The average molecular weight is 253 g/mol. The first-order chi connectivity index (χ1) is 8.47. The van der Waals surface area contributed by atoms with Crippen molar-refractivity contribution in [2.24, 2.45) is 0 Å². The molecule has 0 aliphatic rings. The summed E-state index contributed by atoms with van der Waals surface area (Å²) in [6, 6.07) is 5.45. The van der Waals surface area contributed by atoms with Crippen molar-refractivity contribution in [1.29, 1.82) is 0 Å². The molecule has 0 heterocycles. The molecule has 0 fully saturated rings. The lowest BCUT2D eigenvalue weighted by molar-refractivity contribution is 0.467. The lowest BCUT2D eigenvalue weighted by Gasteiger charge is -2.11. The number of nitrogens with two attached hydrogens (primary N) is 1. The Kier molecular flexibility index (Phi) is 3.14. The SMILES string of the molecule is Cc1cc(F)ccc1Oc1cc(F)cc(F)c1N. The van der Waals surface area contributed by atoms with Crippen LogP contribution in [-0.2, 0) is 0 Å². The standard InChI is InChI=1S/C13H10F3NO/c1-7-4-8(14)2-3-11(7)18-12-6-9(15)5-10(16)13(12)17/h2-6H,17H2,1H3. The quantitative estimate of drug-likeness (QED) is 0.826. The van der Waals surface area contributed by atoms with E-state index in [0.717, 1.165) is 6.07 Å². The second-order valence-corrected chi connectivity index (χ2v) is 3.81. The number of benzene rings is 2. The van der Waals surface area contributed by atoms with Crippen molar-refractivity contribution in [3.05, 3.63) is 53.3 Å². The Labute approximate surface area is 102 Å². The Morgan fingerprint density at radius 2 is 1.67 bits per heavy atom. The van der Waals surface area contributed by atoms with Gasteiger partial charge in [0.15, 0.2) is 11.6 Å².